The minimum Gasteiger partial charge on any atom is -0.324 e. The summed E-state index contributed by atoms with van der Waals surface area (Å²) in [4.78, 5) is 27.1. The van der Waals surface area contributed by atoms with Crippen molar-refractivity contribution >= 4 is 29.1 Å². The van der Waals surface area contributed by atoms with Gasteiger partial charge in [0.2, 0.25) is 5.91 Å². The molecule has 0 fully saturated rings. The molecule has 24 heavy (non-hydrogen) atoms. The maximum atomic E-state index is 12.8. The largest absolute Gasteiger partial charge is 0.324 e. The number of carbonyl (C=O) groups excluding carboxylic acids is 2. The summed E-state index contributed by atoms with van der Waals surface area (Å²) < 4.78 is 0. The maximum Gasteiger partial charge on any atom is 0.255 e. The van der Waals surface area contributed by atoms with Crippen molar-refractivity contribution in [1.29, 1.82) is 0 Å². The van der Waals surface area contributed by atoms with Gasteiger partial charge in [0, 0.05) is 22.8 Å². The molecule has 3 rings (SSSR count). The quantitative estimate of drug-likeness (QED) is 0.914. The van der Waals surface area contributed by atoms with Gasteiger partial charge >= 0.3 is 0 Å². The van der Waals surface area contributed by atoms with Gasteiger partial charge in [0.1, 0.15) is 6.04 Å². The smallest absolute Gasteiger partial charge is 0.255 e. The molecule has 0 saturated heterocycles. The van der Waals surface area contributed by atoms with Crippen LogP contribution in [0.1, 0.15) is 29.8 Å². The predicted molar refractivity (Wildman–Crippen MR) is 95.0 cm³/mol. The molecule has 0 saturated carbocycles. The molecule has 1 atom stereocenters. The first kappa shape index (κ1) is 16.5. The fraction of sp³-hybridized carbons (Fsp3) is 0.263. The number of hydrogen-bond acceptors (Lipinski definition) is 2. The number of fused-ring (bicyclic) bond motifs is 1. The second-order valence-electron chi connectivity index (χ2n) is 6.28. The number of benzene rings is 2. The van der Waals surface area contributed by atoms with E-state index in [-0.39, 0.29) is 17.7 Å². The Morgan fingerprint density at radius 2 is 1.79 bits per heavy atom. The molecule has 0 aliphatic carbocycles. The normalized spacial score (nSPS) is 14.7. The molecule has 1 heterocycles. The monoisotopic (exact) mass is 342 g/mol. The highest BCUT2D eigenvalue weighted by Gasteiger charge is 2.37. The van der Waals surface area contributed by atoms with Gasteiger partial charge in [-0.1, -0.05) is 43.6 Å². The Bertz CT molecular complexity index is 771. The van der Waals surface area contributed by atoms with E-state index in [1.54, 1.807) is 29.2 Å². The van der Waals surface area contributed by atoms with Gasteiger partial charge in [-0.3, -0.25) is 9.59 Å². The fourth-order valence-corrected chi connectivity index (χ4v) is 3.18. The second-order valence-corrected chi connectivity index (χ2v) is 6.71. The SMILES string of the molecule is CC(C)[C@@H](C(=O)Nc1ccc(Cl)cc1)N1Cc2ccccc2C1=O. The first-order valence-electron chi connectivity index (χ1n) is 7.92. The number of carbonyl (C=O) groups is 2. The van der Waals surface area contributed by atoms with Crippen LogP contribution in [0.3, 0.4) is 0 Å². The van der Waals surface area contributed by atoms with Gasteiger partial charge in [0.15, 0.2) is 0 Å². The number of nitrogens with zero attached hydrogens (tertiary/aromatic N) is 1. The molecular formula is C19H19ClN2O2. The molecule has 0 unspecified atom stereocenters. The molecule has 0 aromatic heterocycles. The Morgan fingerprint density at radius 1 is 1.12 bits per heavy atom. The number of anilines is 1. The molecule has 0 radical (unpaired) electrons. The van der Waals surface area contributed by atoms with Crippen molar-refractivity contribution in [2.45, 2.75) is 26.4 Å². The van der Waals surface area contributed by atoms with E-state index in [1.807, 2.05) is 38.1 Å². The average molecular weight is 343 g/mol. The molecule has 4 nitrogen and oxygen atoms in total. The van der Waals surface area contributed by atoms with E-state index >= 15 is 0 Å². The van der Waals surface area contributed by atoms with Crippen molar-refractivity contribution in [3.63, 3.8) is 0 Å². The molecule has 1 aliphatic heterocycles. The number of nitrogens with one attached hydrogen (secondary N) is 1. The highest BCUT2D eigenvalue weighted by atomic mass is 35.5. The summed E-state index contributed by atoms with van der Waals surface area (Å²) in [5, 5.41) is 3.49. The van der Waals surface area contributed by atoms with Gasteiger partial charge in [-0.15, -0.1) is 0 Å². The van der Waals surface area contributed by atoms with Gasteiger partial charge in [-0.25, -0.2) is 0 Å². The Labute approximate surface area is 146 Å². The van der Waals surface area contributed by atoms with Crippen molar-refractivity contribution in [1.82, 2.24) is 4.90 Å². The Morgan fingerprint density at radius 3 is 2.42 bits per heavy atom. The summed E-state index contributed by atoms with van der Waals surface area (Å²) in [5.74, 6) is -0.278. The Hall–Kier alpha value is -2.33. The number of rotatable bonds is 4. The van der Waals surface area contributed by atoms with E-state index < -0.39 is 6.04 Å². The van der Waals surface area contributed by atoms with Crippen LogP contribution in [-0.4, -0.2) is 22.8 Å². The highest BCUT2D eigenvalue weighted by Crippen LogP contribution is 2.27. The molecule has 2 amide bonds. The van der Waals surface area contributed by atoms with E-state index in [4.69, 9.17) is 11.6 Å². The minimum atomic E-state index is -0.527. The zero-order valence-corrected chi connectivity index (χ0v) is 14.4. The lowest BCUT2D eigenvalue weighted by Gasteiger charge is -2.29. The minimum absolute atomic E-state index is 0.00411. The molecule has 1 aliphatic rings. The standard InChI is InChI=1S/C19H19ClN2O2/c1-12(2)17(18(23)21-15-9-7-14(20)8-10-15)22-11-13-5-3-4-6-16(13)19(22)24/h3-10,12,17H,11H2,1-2H3,(H,21,23)/t17-/m0/s1. The average Bonchev–Trinajstić information content (AvgIpc) is 2.87. The Kier molecular flexibility index (Phi) is 4.58. The van der Waals surface area contributed by atoms with Crippen molar-refractivity contribution in [2.75, 3.05) is 5.32 Å². The van der Waals surface area contributed by atoms with Crippen LogP contribution in [0.4, 0.5) is 5.69 Å². The van der Waals surface area contributed by atoms with E-state index in [1.165, 1.54) is 0 Å². The van der Waals surface area contributed by atoms with Gasteiger partial charge in [-0.2, -0.15) is 0 Å². The van der Waals surface area contributed by atoms with Gasteiger partial charge in [-0.05, 0) is 41.8 Å². The van der Waals surface area contributed by atoms with Crippen LogP contribution in [0.25, 0.3) is 0 Å². The molecule has 124 valence electrons. The highest BCUT2D eigenvalue weighted by molar-refractivity contribution is 6.30. The predicted octanol–water partition coefficient (Wildman–Crippen LogP) is 3.96. The van der Waals surface area contributed by atoms with Gasteiger partial charge in [0.05, 0.1) is 0 Å². The lowest BCUT2D eigenvalue weighted by atomic mass is 10.0. The van der Waals surface area contributed by atoms with Crippen molar-refractivity contribution in [3.05, 3.63) is 64.7 Å². The molecule has 2 aromatic carbocycles. The third-order valence-electron chi connectivity index (χ3n) is 4.20. The number of hydrogen-bond donors (Lipinski definition) is 1. The van der Waals surface area contributed by atoms with Crippen LogP contribution in [0.5, 0.6) is 0 Å². The van der Waals surface area contributed by atoms with Gasteiger partial charge in [0.25, 0.3) is 5.91 Å². The lowest BCUT2D eigenvalue weighted by Crippen LogP contribution is -2.47. The second kappa shape index (κ2) is 6.65. The molecule has 2 aromatic rings. The zero-order chi connectivity index (χ0) is 17.3. The van der Waals surface area contributed by atoms with Gasteiger partial charge < -0.3 is 10.2 Å². The summed E-state index contributed by atoms with van der Waals surface area (Å²) in [6, 6.07) is 13.9. The van der Waals surface area contributed by atoms with Crippen molar-refractivity contribution in [3.8, 4) is 0 Å². The van der Waals surface area contributed by atoms with E-state index in [2.05, 4.69) is 5.32 Å². The molecule has 1 N–H and O–H groups in total. The van der Waals surface area contributed by atoms with Crippen LogP contribution < -0.4 is 5.32 Å². The van der Waals surface area contributed by atoms with Crippen molar-refractivity contribution in [2.24, 2.45) is 5.92 Å². The van der Waals surface area contributed by atoms with E-state index in [9.17, 15) is 9.59 Å². The molecule has 0 spiro atoms. The molecular weight excluding hydrogens is 324 g/mol. The Balaban J connectivity index is 1.82. The summed E-state index contributed by atoms with van der Waals surface area (Å²) in [6.07, 6.45) is 0. The molecule has 5 heteroatoms. The third-order valence-corrected chi connectivity index (χ3v) is 4.45. The van der Waals surface area contributed by atoms with E-state index in [0.717, 1.165) is 5.56 Å². The number of amides is 2. The summed E-state index contributed by atoms with van der Waals surface area (Å²) in [7, 11) is 0. The summed E-state index contributed by atoms with van der Waals surface area (Å²) in [6.45, 7) is 4.36. The van der Waals surface area contributed by atoms with E-state index in [0.29, 0.717) is 22.8 Å². The zero-order valence-electron chi connectivity index (χ0n) is 13.6. The first-order chi connectivity index (χ1) is 11.5. The maximum absolute atomic E-state index is 12.8. The van der Waals surface area contributed by atoms with Crippen molar-refractivity contribution < 1.29 is 9.59 Å². The van der Waals surface area contributed by atoms with Crippen LogP contribution >= 0.6 is 11.6 Å². The fourth-order valence-electron chi connectivity index (χ4n) is 3.06. The lowest BCUT2D eigenvalue weighted by molar-refractivity contribution is -0.122. The summed E-state index contributed by atoms with van der Waals surface area (Å²) in [5.41, 5.74) is 2.31. The third kappa shape index (κ3) is 3.15. The summed E-state index contributed by atoms with van der Waals surface area (Å²) >= 11 is 5.87. The van der Waals surface area contributed by atoms with Crippen LogP contribution in [0.15, 0.2) is 48.5 Å². The first-order valence-corrected chi connectivity index (χ1v) is 8.30. The molecule has 0 bridgehead atoms. The topological polar surface area (TPSA) is 49.4 Å². The van der Waals surface area contributed by atoms with Crippen LogP contribution in [0.2, 0.25) is 5.02 Å². The van der Waals surface area contributed by atoms with Crippen LogP contribution in [-0.2, 0) is 11.3 Å². The van der Waals surface area contributed by atoms with Crippen LogP contribution in [0, 0.1) is 5.92 Å². The number of halogens is 1.